The summed E-state index contributed by atoms with van der Waals surface area (Å²) >= 11 is 0. The van der Waals surface area contributed by atoms with Gasteiger partial charge in [0.25, 0.3) is 5.91 Å². The number of amides is 2. The first-order valence-electron chi connectivity index (χ1n) is 10.2. The van der Waals surface area contributed by atoms with Crippen molar-refractivity contribution in [2.24, 2.45) is 5.92 Å². The van der Waals surface area contributed by atoms with E-state index in [0.29, 0.717) is 31.2 Å². The Morgan fingerprint density at radius 1 is 1.03 bits per heavy atom. The van der Waals surface area contributed by atoms with Gasteiger partial charge < -0.3 is 15.0 Å². The van der Waals surface area contributed by atoms with E-state index in [1.165, 1.54) is 0 Å². The Bertz CT molecular complexity index is 772. The number of carbonyl (C=O) groups excluding carboxylic acids is 2. The molecule has 2 rings (SSSR count). The van der Waals surface area contributed by atoms with Gasteiger partial charge in [-0.2, -0.15) is 0 Å². The van der Waals surface area contributed by atoms with Crippen LogP contribution in [0.3, 0.4) is 0 Å². The molecular formula is C24H32N2O3. The maximum absolute atomic E-state index is 13.1. The topological polar surface area (TPSA) is 58.6 Å². The molecule has 1 unspecified atom stereocenters. The molecule has 0 spiro atoms. The minimum absolute atomic E-state index is 0.107. The van der Waals surface area contributed by atoms with Gasteiger partial charge in [0.15, 0.2) is 6.61 Å². The molecule has 2 aromatic rings. The Kier molecular flexibility index (Phi) is 8.71. The molecule has 0 aliphatic heterocycles. The summed E-state index contributed by atoms with van der Waals surface area (Å²) in [5, 5.41) is 2.96. The van der Waals surface area contributed by atoms with E-state index in [4.69, 9.17) is 4.74 Å². The van der Waals surface area contributed by atoms with Crippen LogP contribution < -0.4 is 10.1 Å². The minimum atomic E-state index is -0.539. The number of ether oxygens (including phenoxy) is 1. The van der Waals surface area contributed by atoms with Crippen LogP contribution in [-0.4, -0.2) is 35.9 Å². The van der Waals surface area contributed by atoms with Gasteiger partial charge in [-0.25, -0.2) is 0 Å². The second-order valence-electron chi connectivity index (χ2n) is 7.67. The molecule has 29 heavy (non-hydrogen) atoms. The molecule has 5 nitrogen and oxygen atoms in total. The molecule has 0 aromatic heterocycles. The van der Waals surface area contributed by atoms with Crippen molar-refractivity contribution in [1.82, 2.24) is 10.2 Å². The molecule has 0 heterocycles. The molecule has 0 aliphatic carbocycles. The van der Waals surface area contributed by atoms with Crippen LogP contribution in [0.2, 0.25) is 0 Å². The highest BCUT2D eigenvalue weighted by Crippen LogP contribution is 2.15. The van der Waals surface area contributed by atoms with Crippen molar-refractivity contribution in [3.05, 3.63) is 65.7 Å². The van der Waals surface area contributed by atoms with Crippen LogP contribution in [0.1, 0.15) is 38.3 Å². The zero-order chi connectivity index (χ0) is 21.2. The summed E-state index contributed by atoms with van der Waals surface area (Å²) in [4.78, 5) is 27.5. The quantitative estimate of drug-likeness (QED) is 0.661. The van der Waals surface area contributed by atoms with Crippen LogP contribution in [0, 0.1) is 12.8 Å². The molecule has 0 aliphatic rings. The normalized spacial score (nSPS) is 11.8. The minimum Gasteiger partial charge on any atom is -0.484 e. The lowest BCUT2D eigenvalue weighted by molar-refractivity contribution is -0.143. The number of aryl methyl sites for hydroxylation is 1. The van der Waals surface area contributed by atoms with Gasteiger partial charge in [0, 0.05) is 13.1 Å². The monoisotopic (exact) mass is 396 g/mol. The van der Waals surface area contributed by atoms with E-state index in [1.807, 2.05) is 82.3 Å². The molecule has 5 heteroatoms. The number of nitrogens with zero attached hydrogens (tertiary/aromatic N) is 1. The zero-order valence-corrected chi connectivity index (χ0v) is 17.9. The average Bonchev–Trinajstić information content (AvgIpc) is 2.72. The van der Waals surface area contributed by atoms with Crippen LogP contribution in [0.4, 0.5) is 0 Å². The number of hydrogen-bond donors (Lipinski definition) is 1. The maximum atomic E-state index is 13.1. The van der Waals surface area contributed by atoms with Gasteiger partial charge in [0.1, 0.15) is 11.8 Å². The van der Waals surface area contributed by atoms with E-state index in [0.717, 1.165) is 11.1 Å². The van der Waals surface area contributed by atoms with Gasteiger partial charge in [0.2, 0.25) is 5.91 Å². The largest absolute Gasteiger partial charge is 0.484 e. The first-order valence-corrected chi connectivity index (χ1v) is 10.2. The predicted octanol–water partition coefficient (Wildman–Crippen LogP) is 3.95. The van der Waals surface area contributed by atoms with Crippen LogP contribution in [0.15, 0.2) is 54.6 Å². The summed E-state index contributed by atoms with van der Waals surface area (Å²) in [7, 11) is 0. The smallest absolute Gasteiger partial charge is 0.261 e. The highest BCUT2D eigenvalue weighted by molar-refractivity contribution is 5.88. The van der Waals surface area contributed by atoms with E-state index < -0.39 is 6.04 Å². The van der Waals surface area contributed by atoms with E-state index in [9.17, 15) is 9.59 Å². The Balaban J connectivity index is 2.14. The van der Waals surface area contributed by atoms with Gasteiger partial charge in [-0.05, 0) is 37.0 Å². The van der Waals surface area contributed by atoms with Gasteiger partial charge in [-0.3, -0.25) is 9.59 Å². The van der Waals surface area contributed by atoms with E-state index in [-0.39, 0.29) is 18.4 Å². The molecule has 2 amide bonds. The SMILES string of the molecule is CCC(C(=O)NCC(C)C)N(Cc1ccccc1)C(=O)COc1ccc(C)cc1. The summed E-state index contributed by atoms with van der Waals surface area (Å²) in [6.45, 7) is 8.86. The third kappa shape index (κ3) is 7.26. The van der Waals surface area contributed by atoms with Crippen LogP contribution in [0.25, 0.3) is 0 Å². The lowest BCUT2D eigenvalue weighted by atomic mass is 10.1. The maximum Gasteiger partial charge on any atom is 0.261 e. The van der Waals surface area contributed by atoms with Gasteiger partial charge in [-0.15, -0.1) is 0 Å². The van der Waals surface area contributed by atoms with E-state index in [2.05, 4.69) is 5.32 Å². The third-order valence-corrected chi connectivity index (χ3v) is 4.65. The van der Waals surface area contributed by atoms with Crippen molar-refractivity contribution >= 4 is 11.8 Å². The molecule has 0 fully saturated rings. The molecule has 1 atom stereocenters. The van der Waals surface area contributed by atoms with Gasteiger partial charge in [0.05, 0.1) is 0 Å². The van der Waals surface area contributed by atoms with Crippen molar-refractivity contribution in [3.8, 4) is 5.75 Å². The first kappa shape index (κ1) is 22.5. The fourth-order valence-corrected chi connectivity index (χ4v) is 2.98. The first-order chi connectivity index (χ1) is 13.9. The Labute approximate surface area is 174 Å². The zero-order valence-electron chi connectivity index (χ0n) is 17.9. The molecule has 1 N–H and O–H groups in total. The second kappa shape index (κ2) is 11.2. The molecule has 0 radical (unpaired) electrons. The second-order valence-corrected chi connectivity index (χ2v) is 7.67. The molecular weight excluding hydrogens is 364 g/mol. The van der Waals surface area contributed by atoms with E-state index in [1.54, 1.807) is 4.90 Å². The number of hydrogen-bond acceptors (Lipinski definition) is 3. The average molecular weight is 397 g/mol. The molecule has 0 bridgehead atoms. The molecule has 0 saturated carbocycles. The van der Waals surface area contributed by atoms with Crippen molar-refractivity contribution in [2.45, 2.75) is 46.7 Å². The molecule has 0 saturated heterocycles. The summed E-state index contributed by atoms with van der Waals surface area (Å²) in [6, 6.07) is 16.7. The predicted molar refractivity (Wildman–Crippen MR) is 116 cm³/mol. The van der Waals surface area contributed by atoms with Crippen LogP contribution in [0.5, 0.6) is 5.75 Å². The van der Waals surface area contributed by atoms with Crippen molar-refractivity contribution in [2.75, 3.05) is 13.2 Å². The Hall–Kier alpha value is -2.82. The van der Waals surface area contributed by atoms with Gasteiger partial charge in [-0.1, -0.05) is 68.8 Å². The number of rotatable bonds is 10. The highest BCUT2D eigenvalue weighted by Gasteiger charge is 2.28. The lowest BCUT2D eigenvalue weighted by Crippen LogP contribution is -2.50. The van der Waals surface area contributed by atoms with Gasteiger partial charge >= 0.3 is 0 Å². The van der Waals surface area contributed by atoms with Crippen LogP contribution >= 0.6 is 0 Å². The van der Waals surface area contributed by atoms with E-state index >= 15 is 0 Å². The summed E-state index contributed by atoms with van der Waals surface area (Å²) in [6.07, 6.45) is 0.535. The number of benzene rings is 2. The third-order valence-electron chi connectivity index (χ3n) is 4.65. The lowest BCUT2D eigenvalue weighted by Gasteiger charge is -2.30. The molecule has 2 aromatic carbocycles. The summed E-state index contributed by atoms with van der Waals surface area (Å²) in [5.41, 5.74) is 2.11. The van der Waals surface area contributed by atoms with Crippen molar-refractivity contribution in [1.29, 1.82) is 0 Å². The summed E-state index contributed by atoms with van der Waals surface area (Å²) in [5.74, 6) is 0.655. The standard InChI is InChI=1S/C24H32N2O3/c1-5-22(24(28)25-15-18(2)3)26(16-20-9-7-6-8-10-20)23(27)17-29-21-13-11-19(4)12-14-21/h6-14,18,22H,5,15-17H2,1-4H3,(H,25,28). The molecule has 156 valence electrons. The van der Waals surface area contributed by atoms with Crippen molar-refractivity contribution in [3.63, 3.8) is 0 Å². The fourth-order valence-electron chi connectivity index (χ4n) is 2.98. The number of nitrogens with one attached hydrogen (secondary N) is 1. The summed E-state index contributed by atoms with van der Waals surface area (Å²) < 4.78 is 5.69. The number of carbonyl (C=O) groups is 2. The fraction of sp³-hybridized carbons (Fsp3) is 0.417. The highest BCUT2D eigenvalue weighted by atomic mass is 16.5. The van der Waals surface area contributed by atoms with Crippen LogP contribution in [-0.2, 0) is 16.1 Å². The van der Waals surface area contributed by atoms with Crippen molar-refractivity contribution < 1.29 is 14.3 Å². The Morgan fingerprint density at radius 3 is 2.28 bits per heavy atom. The Morgan fingerprint density at radius 2 is 1.69 bits per heavy atom.